The molecule has 1 aromatic rings. The molecule has 0 saturated carbocycles. The highest BCUT2D eigenvalue weighted by Crippen LogP contribution is 2.23. The van der Waals surface area contributed by atoms with Crippen LogP contribution >= 0.6 is 0 Å². The molecule has 0 spiro atoms. The zero-order chi connectivity index (χ0) is 8.39. The lowest BCUT2D eigenvalue weighted by Crippen LogP contribution is -2.10. The van der Waals surface area contributed by atoms with Gasteiger partial charge in [0.05, 0.1) is 0 Å². The number of aromatic nitrogens is 2. The minimum atomic E-state index is 0.569. The monoisotopic (exact) mass is 165 g/mol. The molecular formula is C8H11N3O. The summed E-state index contributed by atoms with van der Waals surface area (Å²) in [4.78, 5) is 8.10. The third-order valence-electron chi connectivity index (χ3n) is 2.23. The Morgan fingerprint density at radius 1 is 1.25 bits per heavy atom. The van der Waals surface area contributed by atoms with E-state index in [1.54, 1.807) is 0 Å². The van der Waals surface area contributed by atoms with Crippen LogP contribution < -0.4 is 5.48 Å². The first-order valence-electron chi connectivity index (χ1n) is 4.14. The largest absolute Gasteiger partial charge is 0.290 e. The van der Waals surface area contributed by atoms with Crippen molar-refractivity contribution in [2.45, 2.75) is 25.7 Å². The van der Waals surface area contributed by atoms with Crippen LogP contribution in [0.15, 0.2) is 6.33 Å². The van der Waals surface area contributed by atoms with Crippen molar-refractivity contribution in [3.05, 3.63) is 17.6 Å². The van der Waals surface area contributed by atoms with Gasteiger partial charge in [0, 0.05) is 11.3 Å². The molecule has 0 unspecified atom stereocenters. The normalized spacial score (nSPS) is 15.4. The number of rotatable bonds is 1. The standard InChI is InChI=1S/C8H11N3O/c12-11-8-6-3-1-2-4-7(6)9-5-10-8/h5,12H,1-4H2,(H,9,10,11). The summed E-state index contributed by atoms with van der Waals surface area (Å²) < 4.78 is 0. The summed E-state index contributed by atoms with van der Waals surface area (Å²) in [5.74, 6) is 0.569. The average Bonchev–Trinajstić information content (AvgIpc) is 2.17. The number of nitrogens with zero attached hydrogens (tertiary/aromatic N) is 2. The van der Waals surface area contributed by atoms with Crippen molar-refractivity contribution in [3.8, 4) is 0 Å². The third-order valence-corrected chi connectivity index (χ3v) is 2.23. The average molecular weight is 165 g/mol. The highest BCUT2D eigenvalue weighted by Gasteiger charge is 2.14. The first-order chi connectivity index (χ1) is 5.92. The molecule has 0 fully saturated rings. The fraction of sp³-hybridized carbons (Fsp3) is 0.500. The van der Waals surface area contributed by atoms with Crippen LogP contribution in [0, 0.1) is 0 Å². The van der Waals surface area contributed by atoms with Gasteiger partial charge in [-0.3, -0.25) is 10.7 Å². The molecule has 1 aliphatic rings. The summed E-state index contributed by atoms with van der Waals surface area (Å²) in [7, 11) is 0. The highest BCUT2D eigenvalue weighted by atomic mass is 16.5. The van der Waals surface area contributed by atoms with Crippen molar-refractivity contribution < 1.29 is 5.21 Å². The first-order valence-corrected chi connectivity index (χ1v) is 4.14. The zero-order valence-corrected chi connectivity index (χ0v) is 6.75. The number of hydrogen-bond acceptors (Lipinski definition) is 4. The highest BCUT2D eigenvalue weighted by molar-refractivity contribution is 5.44. The van der Waals surface area contributed by atoms with Crippen molar-refractivity contribution in [1.82, 2.24) is 9.97 Å². The Kier molecular flexibility index (Phi) is 1.91. The number of hydrogen-bond donors (Lipinski definition) is 2. The Morgan fingerprint density at radius 3 is 2.92 bits per heavy atom. The van der Waals surface area contributed by atoms with Crippen LogP contribution in [-0.2, 0) is 12.8 Å². The van der Waals surface area contributed by atoms with Crippen LogP contribution in [0.25, 0.3) is 0 Å². The van der Waals surface area contributed by atoms with E-state index in [9.17, 15) is 0 Å². The molecule has 1 aromatic heterocycles. The van der Waals surface area contributed by atoms with E-state index in [1.807, 2.05) is 0 Å². The van der Waals surface area contributed by atoms with Gasteiger partial charge >= 0.3 is 0 Å². The number of anilines is 1. The molecular weight excluding hydrogens is 154 g/mol. The van der Waals surface area contributed by atoms with Gasteiger partial charge in [0.15, 0.2) is 5.82 Å². The molecule has 1 heterocycles. The van der Waals surface area contributed by atoms with Gasteiger partial charge in [-0.1, -0.05) is 0 Å². The lowest BCUT2D eigenvalue weighted by Gasteiger charge is -2.15. The van der Waals surface area contributed by atoms with Gasteiger partial charge in [-0.2, -0.15) is 0 Å². The van der Waals surface area contributed by atoms with E-state index in [2.05, 4.69) is 15.4 Å². The molecule has 0 aromatic carbocycles. The maximum Gasteiger partial charge on any atom is 0.156 e. The topological polar surface area (TPSA) is 58.0 Å². The molecule has 0 bridgehead atoms. The molecule has 2 rings (SSSR count). The van der Waals surface area contributed by atoms with E-state index < -0.39 is 0 Å². The van der Waals surface area contributed by atoms with Crippen molar-refractivity contribution in [2.75, 3.05) is 5.48 Å². The lowest BCUT2D eigenvalue weighted by atomic mass is 9.97. The summed E-state index contributed by atoms with van der Waals surface area (Å²) in [5.41, 5.74) is 4.26. The number of aryl methyl sites for hydroxylation is 1. The van der Waals surface area contributed by atoms with Crippen molar-refractivity contribution in [3.63, 3.8) is 0 Å². The molecule has 0 atom stereocenters. The van der Waals surface area contributed by atoms with Crippen molar-refractivity contribution in [2.24, 2.45) is 0 Å². The van der Waals surface area contributed by atoms with Crippen LogP contribution in [-0.4, -0.2) is 15.2 Å². The Bertz CT molecular complexity index is 273. The molecule has 1 aliphatic carbocycles. The molecule has 2 N–H and O–H groups in total. The van der Waals surface area contributed by atoms with Gasteiger partial charge in [0.25, 0.3) is 0 Å². The van der Waals surface area contributed by atoms with E-state index in [-0.39, 0.29) is 0 Å². The van der Waals surface area contributed by atoms with Crippen LogP contribution in [0.5, 0.6) is 0 Å². The lowest BCUT2D eigenvalue weighted by molar-refractivity contribution is 0.384. The van der Waals surface area contributed by atoms with Crippen LogP contribution in [0.2, 0.25) is 0 Å². The Labute approximate surface area is 70.6 Å². The molecule has 0 saturated heterocycles. The fourth-order valence-corrected chi connectivity index (χ4v) is 1.62. The van der Waals surface area contributed by atoms with Crippen LogP contribution in [0.4, 0.5) is 5.82 Å². The summed E-state index contributed by atoms with van der Waals surface area (Å²) in [6.45, 7) is 0. The van der Waals surface area contributed by atoms with E-state index >= 15 is 0 Å². The second kappa shape index (κ2) is 3.06. The minimum absolute atomic E-state index is 0.569. The number of nitrogens with one attached hydrogen (secondary N) is 1. The van der Waals surface area contributed by atoms with Crippen molar-refractivity contribution in [1.29, 1.82) is 0 Å². The summed E-state index contributed by atoms with van der Waals surface area (Å²) in [6.07, 6.45) is 5.82. The molecule has 4 heteroatoms. The van der Waals surface area contributed by atoms with Gasteiger partial charge in [-0.05, 0) is 25.7 Å². The van der Waals surface area contributed by atoms with E-state index in [4.69, 9.17) is 5.21 Å². The quantitative estimate of drug-likeness (QED) is 0.613. The van der Waals surface area contributed by atoms with E-state index in [1.165, 1.54) is 12.7 Å². The molecule has 0 amide bonds. The Morgan fingerprint density at radius 2 is 2.08 bits per heavy atom. The number of fused-ring (bicyclic) bond motifs is 1. The van der Waals surface area contributed by atoms with Crippen LogP contribution in [0.3, 0.4) is 0 Å². The maximum atomic E-state index is 8.75. The first kappa shape index (κ1) is 7.49. The Balaban J connectivity index is 2.44. The second-order valence-electron chi connectivity index (χ2n) is 2.97. The van der Waals surface area contributed by atoms with Gasteiger partial charge in [-0.25, -0.2) is 9.97 Å². The SMILES string of the molecule is ONc1ncnc2c1CCCC2. The Hall–Kier alpha value is -1.16. The zero-order valence-electron chi connectivity index (χ0n) is 6.75. The summed E-state index contributed by atoms with van der Waals surface area (Å²) in [5, 5.41) is 8.75. The third kappa shape index (κ3) is 1.14. The van der Waals surface area contributed by atoms with Crippen LogP contribution in [0.1, 0.15) is 24.1 Å². The van der Waals surface area contributed by atoms with Gasteiger partial charge in [-0.15, -0.1) is 0 Å². The maximum absolute atomic E-state index is 8.75. The minimum Gasteiger partial charge on any atom is -0.290 e. The summed E-state index contributed by atoms with van der Waals surface area (Å²) >= 11 is 0. The second-order valence-corrected chi connectivity index (χ2v) is 2.97. The molecule has 0 aliphatic heterocycles. The van der Waals surface area contributed by atoms with Gasteiger partial charge in [0.1, 0.15) is 6.33 Å². The van der Waals surface area contributed by atoms with Crippen molar-refractivity contribution >= 4 is 5.82 Å². The summed E-state index contributed by atoms with van der Waals surface area (Å²) in [6, 6.07) is 0. The van der Waals surface area contributed by atoms with Gasteiger partial charge < -0.3 is 0 Å². The predicted molar refractivity (Wildman–Crippen MR) is 44.1 cm³/mol. The smallest absolute Gasteiger partial charge is 0.156 e. The molecule has 0 radical (unpaired) electrons. The van der Waals surface area contributed by atoms with Gasteiger partial charge in [0.2, 0.25) is 0 Å². The molecule has 64 valence electrons. The predicted octanol–water partition coefficient (Wildman–Crippen LogP) is 1.16. The molecule has 4 nitrogen and oxygen atoms in total. The van der Waals surface area contributed by atoms with E-state index in [0.29, 0.717) is 5.82 Å². The van der Waals surface area contributed by atoms with E-state index in [0.717, 1.165) is 30.5 Å². The molecule has 12 heavy (non-hydrogen) atoms. The fourth-order valence-electron chi connectivity index (χ4n) is 1.62.